The number of pyridine rings is 1. The minimum Gasteiger partial charge on any atom is -0.424 e. The standard InChI is InChI=1S/C24H27N5O2/c1-28(2)22(30)24(21-10-3-4-12-25-21)11-6-15-29(18-24)17-19-8-5-9-20(16-19)31-23-26-13-7-14-27-23/h3-5,7-10,12-14,16H,6,11,15,17-18H2,1-2H3/t24-/m0/s1. The topological polar surface area (TPSA) is 71.5 Å². The van der Waals surface area contributed by atoms with E-state index in [1.54, 1.807) is 29.6 Å². The van der Waals surface area contributed by atoms with Gasteiger partial charge in [0.2, 0.25) is 5.91 Å². The Labute approximate surface area is 182 Å². The fraction of sp³-hybridized carbons (Fsp3) is 0.333. The van der Waals surface area contributed by atoms with Gasteiger partial charge in [0.25, 0.3) is 0 Å². The molecule has 31 heavy (non-hydrogen) atoms. The summed E-state index contributed by atoms with van der Waals surface area (Å²) in [5.74, 6) is 0.801. The van der Waals surface area contributed by atoms with E-state index >= 15 is 0 Å². The Morgan fingerprint density at radius 2 is 1.87 bits per heavy atom. The highest BCUT2D eigenvalue weighted by molar-refractivity contribution is 5.88. The quantitative estimate of drug-likeness (QED) is 0.613. The summed E-state index contributed by atoms with van der Waals surface area (Å²) in [6.07, 6.45) is 6.80. The molecule has 3 heterocycles. The van der Waals surface area contributed by atoms with Crippen molar-refractivity contribution in [3.63, 3.8) is 0 Å². The van der Waals surface area contributed by atoms with Crippen LogP contribution in [0.25, 0.3) is 0 Å². The van der Waals surface area contributed by atoms with Gasteiger partial charge in [-0.1, -0.05) is 18.2 Å². The van der Waals surface area contributed by atoms with Crippen molar-refractivity contribution < 1.29 is 9.53 Å². The van der Waals surface area contributed by atoms with E-state index in [2.05, 4.69) is 25.9 Å². The van der Waals surface area contributed by atoms with Crippen LogP contribution in [0.3, 0.4) is 0 Å². The van der Waals surface area contributed by atoms with E-state index in [0.29, 0.717) is 18.3 Å². The third-order valence-corrected chi connectivity index (χ3v) is 5.60. The van der Waals surface area contributed by atoms with Gasteiger partial charge in [0.15, 0.2) is 0 Å². The number of ether oxygens (including phenoxy) is 1. The average Bonchev–Trinajstić information content (AvgIpc) is 2.80. The van der Waals surface area contributed by atoms with E-state index in [4.69, 9.17) is 4.74 Å². The van der Waals surface area contributed by atoms with Gasteiger partial charge in [-0.15, -0.1) is 0 Å². The van der Waals surface area contributed by atoms with Crippen molar-refractivity contribution >= 4 is 5.91 Å². The number of likely N-dealkylation sites (N-methyl/N-ethyl adjacent to an activating group) is 1. The van der Waals surface area contributed by atoms with Crippen LogP contribution in [0, 0.1) is 0 Å². The minimum atomic E-state index is -0.630. The maximum Gasteiger partial charge on any atom is 0.321 e. The molecule has 2 aromatic heterocycles. The van der Waals surface area contributed by atoms with E-state index in [0.717, 1.165) is 37.2 Å². The van der Waals surface area contributed by atoms with Crippen molar-refractivity contribution in [2.45, 2.75) is 24.8 Å². The number of hydrogen-bond acceptors (Lipinski definition) is 6. The molecule has 0 saturated carbocycles. The maximum absolute atomic E-state index is 13.3. The fourth-order valence-corrected chi connectivity index (χ4v) is 4.26. The number of aromatic nitrogens is 3. The first-order valence-corrected chi connectivity index (χ1v) is 10.5. The molecular formula is C24H27N5O2. The predicted octanol–water partition coefficient (Wildman–Crippen LogP) is 3.29. The molecule has 1 aliphatic rings. The molecule has 0 radical (unpaired) electrons. The number of carbonyl (C=O) groups excluding carboxylic acids is 1. The van der Waals surface area contributed by atoms with Gasteiger partial charge >= 0.3 is 6.01 Å². The van der Waals surface area contributed by atoms with E-state index in [1.165, 1.54) is 0 Å². The summed E-state index contributed by atoms with van der Waals surface area (Å²) in [6, 6.07) is 15.8. The second-order valence-corrected chi connectivity index (χ2v) is 8.09. The molecule has 1 saturated heterocycles. The number of carbonyl (C=O) groups is 1. The van der Waals surface area contributed by atoms with Crippen LogP contribution in [0.1, 0.15) is 24.1 Å². The van der Waals surface area contributed by atoms with Gasteiger partial charge in [0.05, 0.1) is 5.69 Å². The number of amides is 1. The lowest BCUT2D eigenvalue weighted by Crippen LogP contribution is -2.54. The zero-order valence-corrected chi connectivity index (χ0v) is 17.9. The Balaban J connectivity index is 1.54. The van der Waals surface area contributed by atoms with Crippen LogP contribution < -0.4 is 4.74 Å². The second-order valence-electron chi connectivity index (χ2n) is 8.09. The largest absolute Gasteiger partial charge is 0.424 e. The number of likely N-dealkylation sites (tertiary alicyclic amines) is 1. The molecule has 7 heteroatoms. The second kappa shape index (κ2) is 9.22. The van der Waals surface area contributed by atoms with Gasteiger partial charge < -0.3 is 9.64 Å². The average molecular weight is 418 g/mol. The molecule has 7 nitrogen and oxygen atoms in total. The maximum atomic E-state index is 13.3. The van der Waals surface area contributed by atoms with Gasteiger partial charge in [0, 0.05) is 45.8 Å². The van der Waals surface area contributed by atoms with Crippen molar-refractivity contribution in [2.24, 2.45) is 0 Å². The van der Waals surface area contributed by atoms with Gasteiger partial charge in [-0.3, -0.25) is 14.7 Å². The van der Waals surface area contributed by atoms with Crippen molar-refractivity contribution in [3.8, 4) is 11.8 Å². The van der Waals surface area contributed by atoms with E-state index < -0.39 is 5.41 Å². The van der Waals surface area contributed by atoms with Gasteiger partial charge in [-0.25, -0.2) is 9.97 Å². The monoisotopic (exact) mass is 417 g/mol. The molecular weight excluding hydrogens is 390 g/mol. The summed E-state index contributed by atoms with van der Waals surface area (Å²) in [6.45, 7) is 2.29. The molecule has 1 fully saturated rings. The van der Waals surface area contributed by atoms with Crippen LogP contribution in [0.5, 0.6) is 11.8 Å². The first kappa shape index (κ1) is 20.9. The Morgan fingerprint density at radius 1 is 1.06 bits per heavy atom. The van der Waals surface area contributed by atoms with Crippen LogP contribution in [0.2, 0.25) is 0 Å². The number of hydrogen-bond donors (Lipinski definition) is 0. The lowest BCUT2D eigenvalue weighted by molar-refractivity contribution is -0.137. The summed E-state index contributed by atoms with van der Waals surface area (Å²) in [5, 5.41) is 0. The minimum absolute atomic E-state index is 0.106. The molecule has 1 aromatic carbocycles. The van der Waals surface area contributed by atoms with Crippen LogP contribution in [0.15, 0.2) is 67.1 Å². The SMILES string of the molecule is CN(C)C(=O)[C@@]1(c2ccccn2)CCCN(Cc2cccc(Oc3ncccn3)c2)C1. The predicted molar refractivity (Wildman–Crippen MR) is 118 cm³/mol. The highest BCUT2D eigenvalue weighted by atomic mass is 16.5. The third kappa shape index (κ3) is 4.72. The molecule has 1 atom stereocenters. The van der Waals surface area contributed by atoms with E-state index in [-0.39, 0.29) is 5.91 Å². The van der Waals surface area contributed by atoms with E-state index in [1.807, 2.05) is 50.5 Å². The van der Waals surface area contributed by atoms with Crippen LogP contribution in [-0.4, -0.2) is 57.8 Å². The number of piperidine rings is 1. The lowest BCUT2D eigenvalue weighted by atomic mass is 9.75. The number of benzene rings is 1. The van der Waals surface area contributed by atoms with Gasteiger partial charge in [-0.2, -0.15) is 0 Å². The van der Waals surface area contributed by atoms with Crippen molar-refractivity contribution in [1.29, 1.82) is 0 Å². The van der Waals surface area contributed by atoms with Crippen LogP contribution in [-0.2, 0) is 16.8 Å². The first-order chi connectivity index (χ1) is 15.1. The lowest BCUT2D eigenvalue weighted by Gasteiger charge is -2.42. The molecule has 3 aromatic rings. The van der Waals surface area contributed by atoms with Crippen LogP contribution in [0.4, 0.5) is 0 Å². The van der Waals surface area contributed by atoms with Gasteiger partial charge in [-0.05, 0) is 55.3 Å². The molecule has 0 bridgehead atoms. The number of nitrogens with zero attached hydrogens (tertiary/aromatic N) is 5. The highest BCUT2D eigenvalue weighted by Crippen LogP contribution is 2.35. The molecule has 0 aliphatic carbocycles. The van der Waals surface area contributed by atoms with Crippen molar-refractivity contribution in [3.05, 3.63) is 78.4 Å². The van der Waals surface area contributed by atoms with Gasteiger partial charge in [0.1, 0.15) is 11.2 Å². The Bertz CT molecular complexity index is 1010. The van der Waals surface area contributed by atoms with Crippen LogP contribution >= 0.6 is 0 Å². The third-order valence-electron chi connectivity index (χ3n) is 5.60. The Morgan fingerprint density at radius 3 is 2.61 bits per heavy atom. The zero-order valence-electron chi connectivity index (χ0n) is 17.9. The van der Waals surface area contributed by atoms with E-state index in [9.17, 15) is 4.79 Å². The Hall–Kier alpha value is -3.32. The molecule has 4 rings (SSSR count). The van der Waals surface area contributed by atoms with Crippen molar-refractivity contribution in [1.82, 2.24) is 24.8 Å². The highest BCUT2D eigenvalue weighted by Gasteiger charge is 2.45. The first-order valence-electron chi connectivity index (χ1n) is 10.5. The summed E-state index contributed by atoms with van der Waals surface area (Å²) in [5.41, 5.74) is 1.33. The molecule has 0 N–H and O–H groups in total. The fourth-order valence-electron chi connectivity index (χ4n) is 4.26. The molecule has 1 aliphatic heterocycles. The summed E-state index contributed by atoms with van der Waals surface area (Å²) < 4.78 is 5.78. The van der Waals surface area contributed by atoms with Crippen molar-refractivity contribution in [2.75, 3.05) is 27.2 Å². The molecule has 160 valence electrons. The molecule has 1 amide bonds. The Kier molecular flexibility index (Phi) is 6.23. The molecule has 0 spiro atoms. The number of rotatable bonds is 6. The summed E-state index contributed by atoms with van der Waals surface area (Å²) in [4.78, 5) is 30.1. The molecule has 0 unspecified atom stereocenters. The normalized spacial score (nSPS) is 19.0. The summed E-state index contributed by atoms with van der Waals surface area (Å²) >= 11 is 0. The zero-order chi connectivity index (χ0) is 21.7. The summed E-state index contributed by atoms with van der Waals surface area (Å²) in [7, 11) is 3.64. The smallest absolute Gasteiger partial charge is 0.321 e.